The number of hydrogen-bond donors (Lipinski definition) is 0. The summed E-state index contributed by atoms with van der Waals surface area (Å²) in [5.41, 5.74) is 0.739. The van der Waals surface area contributed by atoms with Crippen LogP contribution in [0.25, 0.3) is 0 Å². The van der Waals surface area contributed by atoms with Crippen LogP contribution in [-0.4, -0.2) is 6.61 Å². The molecule has 0 saturated carbocycles. The van der Waals surface area contributed by atoms with Crippen LogP contribution in [-0.2, 0) is 5.41 Å². The maximum atomic E-state index is 9.39. The summed E-state index contributed by atoms with van der Waals surface area (Å²) in [4.78, 5) is 0. The smallest absolute Gasteiger partial charge is 0.119 e. The summed E-state index contributed by atoms with van der Waals surface area (Å²) in [5.74, 6) is 1.40. The molecule has 1 aromatic rings. The third kappa shape index (κ3) is 2.56. The van der Waals surface area contributed by atoms with Crippen LogP contribution in [0.4, 0.5) is 0 Å². The first-order valence-corrected chi connectivity index (χ1v) is 6.46. The molecule has 0 spiro atoms. The molecule has 2 nitrogen and oxygen atoms in total. The monoisotopic (exact) mass is 241 g/mol. The predicted molar refractivity (Wildman–Crippen MR) is 72.4 cm³/mol. The number of nitrogens with zero attached hydrogens (tertiary/aromatic N) is 1. The van der Waals surface area contributed by atoms with E-state index < -0.39 is 0 Å². The molecular weight excluding hydrogens is 222 g/mol. The summed E-state index contributed by atoms with van der Waals surface area (Å²) in [6.45, 7) is 4.98. The van der Waals surface area contributed by atoms with Crippen LogP contribution < -0.4 is 4.74 Å². The highest BCUT2D eigenvalue weighted by Gasteiger charge is 2.32. The van der Waals surface area contributed by atoms with Gasteiger partial charge in [-0.05, 0) is 36.5 Å². The minimum Gasteiger partial charge on any atom is -0.493 e. The molecule has 0 fully saturated rings. The lowest BCUT2D eigenvalue weighted by molar-refractivity contribution is 0.271. The quantitative estimate of drug-likeness (QED) is 0.750. The highest BCUT2D eigenvalue weighted by Crippen LogP contribution is 2.37. The Morgan fingerprint density at radius 1 is 1.22 bits per heavy atom. The van der Waals surface area contributed by atoms with Crippen molar-refractivity contribution in [3.8, 4) is 11.8 Å². The summed E-state index contributed by atoms with van der Waals surface area (Å²) in [6, 6.07) is 10.4. The lowest BCUT2D eigenvalue weighted by Gasteiger charge is -2.21. The number of benzene rings is 1. The molecule has 1 aromatic carbocycles. The third-order valence-corrected chi connectivity index (χ3v) is 3.30. The van der Waals surface area contributed by atoms with Gasteiger partial charge in [-0.3, -0.25) is 0 Å². The molecule has 0 heterocycles. The van der Waals surface area contributed by atoms with Gasteiger partial charge in [0.05, 0.1) is 18.1 Å². The van der Waals surface area contributed by atoms with E-state index in [1.165, 1.54) is 0 Å². The first kappa shape index (κ1) is 12.7. The van der Waals surface area contributed by atoms with E-state index in [2.05, 4.69) is 32.1 Å². The first-order valence-electron chi connectivity index (χ1n) is 6.46. The molecule has 0 unspecified atom stereocenters. The minimum atomic E-state index is -0.351. The maximum Gasteiger partial charge on any atom is 0.119 e. The van der Waals surface area contributed by atoms with Gasteiger partial charge in [-0.1, -0.05) is 38.1 Å². The molecule has 94 valence electrons. The molecular formula is C16H19NO. The van der Waals surface area contributed by atoms with Gasteiger partial charge in [-0.2, -0.15) is 5.26 Å². The lowest BCUT2D eigenvalue weighted by atomic mass is 9.80. The summed E-state index contributed by atoms with van der Waals surface area (Å²) >= 11 is 0. The molecule has 0 saturated heterocycles. The molecule has 2 rings (SSSR count). The van der Waals surface area contributed by atoms with Gasteiger partial charge >= 0.3 is 0 Å². The molecule has 18 heavy (non-hydrogen) atoms. The van der Waals surface area contributed by atoms with E-state index in [-0.39, 0.29) is 5.41 Å². The zero-order valence-electron chi connectivity index (χ0n) is 11.0. The van der Waals surface area contributed by atoms with Gasteiger partial charge in [0.15, 0.2) is 0 Å². The molecule has 0 aliphatic heterocycles. The van der Waals surface area contributed by atoms with Crippen LogP contribution in [0.2, 0.25) is 0 Å². The molecule has 0 amide bonds. The van der Waals surface area contributed by atoms with Crippen molar-refractivity contribution in [3.63, 3.8) is 0 Å². The fourth-order valence-electron chi connectivity index (χ4n) is 2.18. The average molecular weight is 241 g/mol. The highest BCUT2D eigenvalue weighted by atomic mass is 16.5. The van der Waals surface area contributed by atoms with Crippen LogP contribution in [0.15, 0.2) is 36.4 Å². The zero-order valence-corrected chi connectivity index (χ0v) is 11.0. The van der Waals surface area contributed by atoms with E-state index in [0.717, 1.165) is 30.8 Å². The number of hydrogen-bond acceptors (Lipinski definition) is 2. The first-order chi connectivity index (χ1) is 8.66. The van der Waals surface area contributed by atoms with Crippen LogP contribution in [0.1, 0.15) is 32.3 Å². The van der Waals surface area contributed by atoms with Gasteiger partial charge < -0.3 is 4.74 Å². The van der Waals surface area contributed by atoms with Crippen molar-refractivity contribution in [2.24, 2.45) is 5.92 Å². The zero-order chi connectivity index (χ0) is 13.0. The molecule has 0 aromatic heterocycles. The van der Waals surface area contributed by atoms with E-state index in [1.807, 2.05) is 24.3 Å². The van der Waals surface area contributed by atoms with Gasteiger partial charge in [0.25, 0.3) is 0 Å². The summed E-state index contributed by atoms with van der Waals surface area (Å²) in [7, 11) is 0. The second kappa shape index (κ2) is 5.27. The summed E-state index contributed by atoms with van der Waals surface area (Å²) in [6.07, 6.45) is 5.81. The van der Waals surface area contributed by atoms with Crippen LogP contribution in [0.3, 0.4) is 0 Å². The minimum absolute atomic E-state index is 0.351. The molecule has 2 heteroatoms. The SMILES string of the molecule is CC(C)COc1ccc(C2(C#N)CC=CC2)cc1. The second-order valence-electron chi connectivity index (χ2n) is 5.30. The molecule has 0 atom stereocenters. The summed E-state index contributed by atoms with van der Waals surface area (Å²) in [5, 5.41) is 9.39. The van der Waals surface area contributed by atoms with Gasteiger partial charge in [-0.15, -0.1) is 0 Å². The van der Waals surface area contributed by atoms with E-state index in [0.29, 0.717) is 5.92 Å². The van der Waals surface area contributed by atoms with Crippen molar-refractivity contribution in [2.45, 2.75) is 32.1 Å². The Kier molecular flexibility index (Phi) is 3.72. The number of ether oxygens (including phenoxy) is 1. The fourth-order valence-corrected chi connectivity index (χ4v) is 2.18. The normalized spacial score (nSPS) is 16.8. The van der Waals surface area contributed by atoms with Crippen molar-refractivity contribution >= 4 is 0 Å². The maximum absolute atomic E-state index is 9.39. The lowest BCUT2D eigenvalue weighted by Crippen LogP contribution is -2.19. The van der Waals surface area contributed by atoms with Crippen LogP contribution >= 0.6 is 0 Å². The Hall–Kier alpha value is -1.75. The van der Waals surface area contributed by atoms with Crippen LogP contribution in [0.5, 0.6) is 5.75 Å². The van der Waals surface area contributed by atoms with Crippen molar-refractivity contribution in [1.29, 1.82) is 5.26 Å². The number of nitriles is 1. The van der Waals surface area contributed by atoms with Crippen molar-refractivity contribution in [1.82, 2.24) is 0 Å². The van der Waals surface area contributed by atoms with E-state index in [1.54, 1.807) is 0 Å². The summed E-state index contributed by atoms with van der Waals surface area (Å²) < 4.78 is 5.65. The van der Waals surface area contributed by atoms with E-state index >= 15 is 0 Å². The average Bonchev–Trinajstić information content (AvgIpc) is 2.87. The topological polar surface area (TPSA) is 33.0 Å². The Bertz CT molecular complexity index is 457. The highest BCUT2D eigenvalue weighted by molar-refractivity contribution is 5.40. The number of allylic oxidation sites excluding steroid dienone is 2. The van der Waals surface area contributed by atoms with Gasteiger partial charge in [0.1, 0.15) is 5.75 Å². The Morgan fingerprint density at radius 2 is 1.83 bits per heavy atom. The van der Waals surface area contributed by atoms with Crippen molar-refractivity contribution in [3.05, 3.63) is 42.0 Å². The molecule has 0 radical (unpaired) electrons. The van der Waals surface area contributed by atoms with Crippen molar-refractivity contribution < 1.29 is 4.74 Å². The van der Waals surface area contributed by atoms with Crippen molar-refractivity contribution in [2.75, 3.05) is 6.61 Å². The van der Waals surface area contributed by atoms with Gasteiger partial charge in [-0.25, -0.2) is 0 Å². The third-order valence-electron chi connectivity index (χ3n) is 3.30. The van der Waals surface area contributed by atoms with Crippen LogP contribution in [0, 0.1) is 17.2 Å². The van der Waals surface area contributed by atoms with Gasteiger partial charge in [0, 0.05) is 0 Å². The molecule has 0 bridgehead atoms. The largest absolute Gasteiger partial charge is 0.493 e. The second-order valence-corrected chi connectivity index (χ2v) is 5.30. The number of rotatable bonds is 4. The molecule has 1 aliphatic rings. The fraction of sp³-hybridized carbons (Fsp3) is 0.438. The molecule has 0 N–H and O–H groups in total. The Balaban J connectivity index is 2.10. The Morgan fingerprint density at radius 3 is 2.33 bits per heavy atom. The van der Waals surface area contributed by atoms with Gasteiger partial charge in [0.2, 0.25) is 0 Å². The molecule has 1 aliphatic carbocycles. The Labute approximate surface area is 109 Å². The standard InChI is InChI=1S/C16H19NO/c1-13(2)11-18-15-7-5-14(6-8-15)16(12-17)9-3-4-10-16/h3-8,13H,9-11H2,1-2H3. The predicted octanol–water partition coefficient (Wildman–Crippen LogP) is 3.83. The van der Waals surface area contributed by atoms with E-state index in [4.69, 9.17) is 4.74 Å². The van der Waals surface area contributed by atoms with E-state index in [9.17, 15) is 5.26 Å².